The highest BCUT2D eigenvalue weighted by atomic mass is 19.4. The van der Waals surface area contributed by atoms with Gasteiger partial charge in [0.2, 0.25) is 0 Å². The highest BCUT2D eigenvalue weighted by Crippen LogP contribution is 2.37. The van der Waals surface area contributed by atoms with E-state index >= 15 is 0 Å². The molecule has 3 atom stereocenters. The number of hydrogen-bond donors (Lipinski definition) is 1. The molecule has 2 fully saturated rings. The molecule has 3 nitrogen and oxygen atoms in total. The fourth-order valence-electron chi connectivity index (χ4n) is 2.81. The maximum Gasteiger partial charge on any atom is 0.471 e. The first-order valence-corrected chi connectivity index (χ1v) is 5.49. The molecule has 1 amide bonds. The molecule has 2 aliphatic rings. The van der Waals surface area contributed by atoms with E-state index in [1.54, 1.807) is 0 Å². The fraction of sp³-hybridized carbons (Fsp3) is 0.900. The predicted octanol–water partition coefficient (Wildman–Crippen LogP) is 1.13. The fourth-order valence-corrected chi connectivity index (χ4v) is 2.81. The lowest BCUT2D eigenvalue weighted by molar-refractivity contribution is -0.184. The molecule has 16 heavy (non-hydrogen) atoms. The third-order valence-electron chi connectivity index (χ3n) is 3.62. The number of rotatable bonds is 0. The van der Waals surface area contributed by atoms with Crippen molar-refractivity contribution in [2.45, 2.75) is 31.5 Å². The Morgan fingerprint density at radius 2 is 1.81 bits per heavy atom. The van der Waals surface area contributed by atoms with Gasteiger partial charge in [0, 0.05) is 19.1 Å². The predicted molar refractivity (Wildman–Crippen MR) is 51.4 cm³/mol. The third-order valence-corrected chi connectivity index (χ3v) is 3.62. The summed E-state index contributed by atoms with van der Waals surface area (Å²) in [5.74, 6) is -1.32. The van der Waals surface area contributed by atoms with E-state index in [4.69, 9.17) is 5.73 Å². The van der Waals surface area contributed by atoms with Crippen LogP contribution >= 0.6 is 0 Å². The molecular weight excluding hydrogens is 221 g/mol. The lowest BCUT2D eigenvalue weighted by atomic mass is 9.79. The van der Waals surface area contributed by atoms with Crippen LogP contribution in [0.25, 0.3) is 0 Å². The van der Waals surface area contributed by atoms with Gasteiger partial charge < -0.3 is 10.6 Å². The van der Waals surface area contributed by atoms with Crippen molar-refractivity contribution in [1.29, 1.82) is 0 Å². The topological polar surface area (TPSA) is 46.3 Å². The summed E-state index contributed by atoms with van der Waals surface area (Å²) in [4.78, 5) is 12.0. The van der Waals surface area contributed by atoms with Gasteiger partial charge in [0.25, 0.3) is 0 Å². The standard InChI is InChI=1S/C10H15F3N2O/c11-10(12,13)9(16)15-4-6-1-2-8(14)3-7(6)5-15/h6-8H,1-5,14H2/t6-,7+,8?/m1/s1. The van der Waals surface area contributed by atoms with Crippen LogP contribution in [0.2, 0.25) is 0 Å². The number of nitrogens with two attached hydrogens (primary N) is 1. The van der Waals surface area contributed by atoms with Crippen molar-refractivity contribution < 1.29 is 18.0 Å². The first kappa shape index (κ1) is 11.7. The van der Waals surface area contributed by atoms with E-state index in [-0.39, 0.29) is 31.0 Å². The minimum absolute atomic E-state index is 0.0854. The van der Waals surface area contributed by atoms with Crippen LogP contribution in [0.4, 0.5) is 13.2 Å². The minimum Gasteiger partial charge on any atom is -0.334 e. The molecule has 0 aromatic rings. The second-order valence-corrected chi connectivity index (χ2v) is 4.80. The van der Waals surface area contributed by atoms with Gasteiger partial charge in [-0.1, -0.05) is 0 Å². The van der Waals surface area contributed by atoms with Crippen molar-refractivity contribution in [3.8, 4) is 0 Å². The van der Waals surface area contributed by atoms with Gasteiger partial charge in [-0.2, -0.15) is 13.2 Å². The van der Waals surface area contributed by atoms with Crippen LogP contribution in [-0.2, 0) is 4.79 Å². The summed E-state index contributed by atoms with van der Waals surface area (Å²) in [7, 11) is 0. The van der Waals surface area contributed by atoms with Crippen LogP contribution < -0.4 is 5.73 Å². The molecule has 1 heterocycles. The average Bonchev–Trinajstić information content (AvgIpc) is 2.57. The average molecular weight is 236 g/mol. The maximum absolute atomic E-state index is 12.2. The molecule has 1 saturated carbocycles. The normalized spacial score (nSPS) is 35.0. The summed E-state index contributed by atoms with van der Waals surface area (Å²) in [6.07, 6.45) is -2.30. The molecule has 0 radical (unpaired) electrons. The number of halogens is 3. The zero-order valence-corrected chi connectivity index (χ0v) is 8.83. The van der Waals surface area contributed by atoms with Crippen LogP contribution in [0.15, 0.2) is 0 Å². The van der Waals surface area contributed by atoms with Crippen molar-refractivity contribution in [2.24, 2.45) is 17.6 Å². The van der Waals surface area contributed by atoms with Gasteiger partial charge in [-0.15, -0.1) is 0 Å². The van der Waals surface area contributed by atoms with Gasteiger partial charge in [0.1, 0.15) is 0 Å². The molecule has 1 aliphatic heterocycles. The molecule has 1 aliphatic carbocycles. The van der Waals surface area contributed by atoms with Crippen LogP contribution in [0.3, 0.4) is 0 Å². The van der Waals surface area contributed by atoms with Crippen LogP contribution in [0.1, 0.15) is 19.3 Å². The van der Waals surface area contributed by atoms with Crippen molar-refractivity contribution in [3.05, 3.63) is 0 Å². The molecule has 2 N–H and O–H groups in total. The number of alkyl halides is 3. The Bertz CT molecular complexity index is 292. The highest BCUT2D eigenvalue weighted by Gasteiger charge is 2.47. The molecule has 1 unspecified atom stereocenters. The van der Waals surface area contributed by atoms with E-state index in [0.29, 0.717) is 0 Å². The van der Waals surface area contributed by atoms with Gasteiger partial charge in [0.05, 0.1) is 0 Å². The van der Waals surface area contributed by atoms with E-state index in [1.165, 1.54) is 0 Å². The number of likely N-dealkylation sites (tertiary alicyclic amines) is 1. The van der Waals surface area contributed by atoms with Crippen LogP contribution in [0, 0.1) is 11.8 Å². The number of carbonyl (C=O) groups is 1. The largest absolute Gasteiger partial charge is 0.471 e. The van der Waals surface area contributed by atoms with Gasteiger partial charge in [-0.25, -0.2) is 0 Å². The quantitative estimate of drug-likeness (QED) is 0.685. The van der Waals surface area contributed by atoms with Crippen LogP contribution in [-0.4, -0.2) is 36.1 Å². The summed E-state index contributed by atoms with van der Waals surface area (Å²) in [5, 5.41) is 0. The Morgan fingerprint density at radius 1 is 1.19 bits per heavy atom. The summed E-state index contributed by atoms with van der Waals surface area (Å²) in [6, 6.07) is 0.0854. The Hall–Kier alpha value is -0.780. The van der Waals surface area contributed by atoms with Crippen molar-refractivity contribution in [2.75, 3.05) is 13.1 Å². The first-order valence-electron chi connectivity index (χ1n) is 5.49. The van der Waals surface area contributed by atoms with Crippen molar-refractivity contribution in [3.63, 3.8) is 0 Å². The van der Waals surface area contributed by atoms with Crippen molar-refractivity contribution in [1.82, 2.24) is 4.90 Å². The number of amides is 1. The number of fused-ring (bicyclic) bond motifs is 1. The number of hydrogen-bond acceptors (Lipinski definition) is 2. The Balaban J connectivity index is 2.00. The smallest absolute Gasteiger partial charge is 0.334 e. The SMILES string of the molecule is NC1CC[C@@H]2CN(C(=O)C(F)(F)F)C[C@@H]2C1. The van der Waals surface area contributed by atoms with E-state index in [1.807, 2.05) is 0 Å². The molecule has 2 rings (SSSR count). The molecule has 0 bridgehead atoms. The molecule has 6 heteroatoms. The summed E-state index contributed by atoms with van der Waals surface area (Å²) >= 11 is 0. The van der Waals surface area contributed by atoms with E-state index in [2.05, 4.69) is 0 Å². The number of carbonyl (C=O) groups excluding carboxylic acids is 1. The number of nitrogens with zero attached hydrogens (tertiary/aromatic N) is 1. The summed E-state index contributed by atoms with van der Waals surface area (Å²) in [6.45, 7) is 0.465. The lowest BCUT2D eigenvalue weighted by Crippen LogP contribution is -2.39. The zero-order valence-electron chi connectivity index (χ0n) is 8.83. The Kier molecular flexibility index (Phi) is 2.86. The second-order valence-electron chi connectivity index (χ2n) is 4.80. The Labute approximate surface area is 91.8 Å². The van der Waals surface area contributed by atoms with Gasteiger partial charge in [0.15, 0.2) is 0 Å². The third kappa shape index (κ3) is 2.16. The van der Waals surface area contributed by atoms with E-state index < -0.39 is 12.1 Å². The molecule has 0 aromatic carbocycles. The van der Waals surface area contributed by atoms with E-state index in [9.17, 15) is 18.0 Å². The molecule has 0 spiro atoms. The highest BCUT2D eigenvalue weighted by molar-refractivity contribution is 5.82. The minimum atomic E-state index is -4.74. The van der Waals surface area contributed by atoms with Crippen molar-refractivity contribution >= 4 is 5.91 Å². The molecule has 0 aromatic heterocycles. The maximum atomic E-state index is 12.2. The molecule has 92 valence electrons. The molecule has 1 saturated heterocycles. The monoisotopic (exact) mass is 236 g/mol. The second kappa shape index (κ2) is 3.91. The van der Waals surface area contributed by atoms with Gasteiger partial charge in [-0.05, 0) is 31.1 Å². The summed E-state index contributed by atoms with van der Waals surface area (Å²) in [5.41, 5.74) is 5.77. The van der Waals surface area contributed by atoms with E-state index in [0.717, 1.165) is 24.2 Å². The zero-order chi connectivity index (χ0) is 11.9. The molecular formula is C10H15F3N2O. The summed E-state index contributed by atoms with van der Waals surface area (Å²) < 4.78 is 36.7. The van der Waals surface area contributed by atoms with Gasteiger partial charge in [-0.3, -0.25) is 4.79 Å². The van der Waals surface area contributed by atoms with Crippen LogP contribution in [0.5, 0.6) is 0 Å². The first-order chi connectivity index (χ1) is 7.38. The Morgan fingerprint density at radius 3 is 2.44 bits per heavy atom. The lowest BCUT2D eigenvalue weighted by Gasteiger charge is -2.27. The van der Waals surface area contributed by atoms with Gasteiger partial charge >= 0.3 is 12.1 Å².